The Hall–Kier alpha value is -2.40. The van der Waals surface area contributed by atoms with Gasteiger partial charge in [-0.2, -0.15) is 0 Å². The van der Waals surface area contributed by atoms with E-state index in [-0.39, 0.29) is 24.4 Å². The molecule has 30 heavy (non-hydrogen) atoms. The molecular weight excluding hydrogens is 392 g/mol. The van der Waals surface area contributed by atoms with Gasteiger partial charge in [0.05, 0.1) is 6.04 Å². The number of thiophene rings is 1. The zero-order chi connectivity index (χ0) is 21.3. The van der Waals surface area contributed by atoms with E-state index in [0.717, 1.165) is 37.7 Å². The van der Waals surface area contributed by atoms with Crippen LogP contribution in [0.1, 0.15) is 61.1 Å². The number of hydrogen-bond acceptors (Lipinski definition) is 3. The summed E-state index contributed by atoms with van der Waals surface area (Å²) in [5, 5.41) is 2.11. The predicted octanol–water partition coefficient (Wildman–Crippen LogP) is 5.21. The molecule has 1 atom stereocenters. The highest BCUT2D eigenvalue weighted by atomic mass is 32.1. The summed E-state index contributed by atoms with van der Waals surface area (Å²) in [4.78, 5) is 31.1. The summed E-state index contributed by atoms with van der Waals surface area (Å²) in [5.41, 5.74) is 2.33. The second-order valence-corrected chi connectivity index (χ2v) is 8.82. The number of rotatable bonds is 10. The molecule has 0 saturated carbocycles. The van der Waals surface area contributed by atoms with Crippen LogP contribution in [-0.4, -0.2) is 41.2 Å². The van der Waals surface area contributed by atoms with Gasteiger partial charge in [-0.3, -0.25) is 9.59 Å². The Morgan fingerprint density at radius 2 is 2.00 bits per heavy atom. The van der Waals surface area contributed by atoms with E-state index in [0.29, 0.717) is 19.5 Å². The Labute approximate surface area is 184 Å². The molecule has 1 unspecified atom stereocenters. The monoisotopic (exact) mass is 424 g/mol. The highest BCUT2D eigenvalue weighted by Gasteiger charge is 2.33. The maximum Gasteiger partial charge on any atom is 0.243 e. The lowest BCUT2D eigenvalue weighted by atomic mass is 9.93. The topological polar surface area (TPSA) is 40.6 Å². The van der Waals surface area contributed by atoms with Gasteiger partial charge in [-0.05, 0) is 35.4 Å². The van der Waals surface area contributed by atoms with Crippen molar-refractivity contribution in [2.24, 2.45) is 0 Å². The SMILES string of the molecule is C=CCN(CC(=O)N1CCc2sccc2C1c1ccccc1)C(=O)CCCCCC. The second kappa shape index (κ2) is 11.1. The number of unbranched alkanes of at least 4 members (excludes halogenated alkanes) is 3. The largest absolute Gasteiger partial charge is 0.330 e. The number of amides is 2. The lowest BCUT2D eigenvalue weighted by molar-refractivity contribution is -0.141. The zero-order valence-electron chi connectivity index (χ0n) is 17.9. The number of benzene rings is 1. The van der Waals surface area contributed by atoms with Gasteiger partial charge < -0.3 is 9.80 Å². The zero-order valence-corrected chi connectivity index (χ0v) is 18.7. The minimum Gasteiger partial charge on any atom is -0.330 e. The maximum absolute atomic E-state index is 13.4. The van der Waals surface area contributed by atoms with Crippen LogP contribution in [0.4, 0.5) is 0 Å². The Bertz CT molecular complexity index is 846. The smallest absolute Gasteiger partial charge is 0.243 e. The van der Waals surface area contributed by atoms with Crippen molar-refractivity contribution in [1.29, 1.82) is 0 Å². The molecule has 0 N–H and O–H groups in total. The van der Waals surface area contributed by atoms with Crippen LogP contribution in [0.15, 0.2) is 54.4 Å². The van der Waals surface area contributed by atoms with Gasteiger partial charge in [0.2, 0.25) is 11.8 Å². The highest BCUT2D eigenvalue weighted by molar-refractivity contribution is 7.10. The van der Waals surface area contributed by atoms with E-state index in [4.69, 9.17) is 0 Å². The Kier molecular flexibility index (Phi) is 8.26. The van der Waals surface area contributed by atoms with E-state index in [9.17, 15) is 9.59 Å². The van der Waals surface area contributed by atoms with Gasteiger partial charge in [0, 0.05) is 24.4 Å². The van der Waals surface area contributed by atoms with Crippen molar-refractivity contribution < 1.29 is 9.59 Å². The van der Waals surface area contributed by atoms with Crippen molar-refractivity contribution in [2.75, 3.05) is 19.6 Å². The van der Waals surface area contributed by atoms with Gasteiger partial charge in [0.15, 0.2) is 0 Å². The van der Waals surface area contributed by atoms with E-state index in [2.05, 4.69) is 37.1 Å². The molecule has 0 saturated heterocycles. The molecule has 1 aliphatic heterocycles. The molecule has 0 fully saturated rings. The number of nitrogens with zero attached hydrogens (tertiary/aromatic N) is 2. The van der Waals surface area contributed by atoms with E-state index < -0.39 is 0 Å². The summed E-state index contributed by atoms with van der Waals surface area (Å²) in [6, 6.07) is 12.2. The minimum absolute atomic E-state index is 0.00413. The van der Waals surface area contributed by atoms with Crippen molar-refractivity contribution in [3.63, 3.8) is 0 Å². The van der Waals surface area contributed by atoms with Crippen LogP contribution in [0.5, 0.6) is 0 Å². The summed E-state index contributed by atoms with van der Waals surface area (Å²) in [5.74, 6) is 0.0494. The molecule has 160 valence electrons. The molecule has 0 bridgehead atoms. The fraction of sp³-hybridized carbons (Fsp3) is 0.440. The van der Waals surface area contributed by atoms with E-state index in [1.807, 2.05) is 23.1 Å². The van der Waals surface area contributed by atoms with Crippen molar-refractivity contribution in [3.8, 4) is 0 Å². The molecule has 2 aromatic rings. The minimum atomic E-state index is -0.0843. The molecule has 1 aromatic heterocycles. The van der Waals surface area contributed by atoms with Crippen molar-refractivity contribution in [3.05, 3.63) is 70.4 Å². The first-order valence-corrected chi connectivity index (χ1v) is 11.8. The fourth-order valence-corrected chi connectivity index (χ4v) is 5.01. The van der Waals surface area contributed by atoms with Crippen molar-refractivity contribution in [2.45, 2.75) is 51.5 Å². The molecular formula is C25H32N2O2S. The van der Waals surface area contributed by atoms with E-state index in [1.54, 1.807) is 22.3 Å². The average Bonchev–Trinajstić information content (AvgIpc) is 3.25. The van der Waals surface area contributed by atoms with Gasteiger partial charge in [-0.1, -0.05) is 62.6 Å². The van der Waals surface area contributed by atoms with Crippen LogP contribution < -0.4 is 0 Å². The third kappa shape index (κ3) is 5.39. The summed E-state index contributed by atoms with van der Waals surface area (Å²) in [7, 11) is 0. The number of carbonyl (C=O) groups excluding carboxylic acids is 2. The van der Waals surface area contributed by atoms with Crippen LogP contribution >= 0.6 is 11.3 Å². The first-order valence-electron chi connectivity index (χ1n) is 10.9. The molecule has 5 heteroatoms. The maximum atomic E-state index is 13.4. The number of hydrogen-bond donors (Lipinski definition) is 0. The van der Waals surface area contributed by atoms with Crippen LogP contribution in [0.3, 0.4) is 0 Å². The summed E-state index contributed by atoms with van der Waals surface area (Å²) >= 11 is 1.76. The molecule has 1 aromatic carbocycles. The molecule has 2 heterocycles. The third-order valence-electron chi connectivity index (χ3n) is 5.67. The van der Waals surface area contributed by atoms with Crippen molar-refractivity contribution in [1.82, 2.24) is 9.80 Å². The lowest BCUT2D eigenvalue weighted by Gasteiger charge is -2.37. The van der Waals surface area contributed by atoms with Gasteiger partial charge >= 0.3 is 0 Å². The first-order chi connectivity index (χ1) is 14.7. The molecule has 3 rings (SSSR count). The second-order valence-electron chi connectivity index (χ2n) is 7.82. The molecule has 0 aliphatic carbocycles. The predicted molar refractivity (Wildman–Crippen MR) is 124 cm³/mol. The standard InChI is InChI=1S/C25H32N2O2S/c1-3-5-6-10-13-23(28)26(16-4-2)19-24(29)27-17-14-22-21(15-18-30-22)25(27)20-11-8-7-9-12-20/h4,7-9,11-12,15,18,25H,2-3,5-6,10,13-14,16-17,19H2,1H3. The van der Waals surface area contributed by atoms with Crippen LogP contribution in [0, 0.1) is 0 Å². The molecule has 4 nitrogen and oxygen atoms in total. The fourth-order valence-electron chi connectivity index (χ4n) is 4.11. The summed E-state index contributed by atoms with van der Waals surface area (Å²) < 4.78 is 0. The Morgan fingerprint density at radius 1 is 1.20 bits per heavy atom. The molecule has 0 spiro atoms. The Balaban J connectivity index is 1.74. The molecule has 0 radical (unpaired) electrons. The van der Waals surface area contributed by atoms with Crippen molar-refractivity contribution >= 4 is 23.2 Å². The van der Waals surface area contributed by atoms with Crippen LogP contribution in [-0.2, 0) is 16.0 Å². The lowest BCUT2D eigenvalue weighted by Crippen LogP contribution is -2.46. The van der Waals surface area contributed by atoms with Crippen LogP contribution in [0.2, 0.25) is 0 Å². The quantitative estimate of drug-likeness (QED) is 0.388. The summed E-state index contributed by atoms with van der Waals surface area (Å²) in [6.07, 6.45) is 7.29. The summed E-state index contributed by atoms with van der Waals surface area (Å²) in [6.45, 7) is 7.14. The number of fused-ring (bicyclic) bond motifs is 1. The van der Waals surface area contributed by atoms with E-state index in [1.165, 1.54) is 10.4 Å². The van der Waals surface area contributed by atoms with Gasteiger partial charge in [0.25, 0.3) is 0 Å². The first kappa shape index (κ1) is 22.3. The highest BCUT2D eigenvalue weighted by Crippen LogP contribution is 2.37. The number of carbonyl (C=O) groups is 2. The van der Waals surface area contributed by atoms with Crippen LogP contribution in [0.25, 0.3) is 0 Å². The molecule has 2 amide bonds. The third-order valence-corrected chi connectivity index (χ3v) is 6.67. The Morgan fingerprint density at radius 3 is 2.73 bits per heavy atom. The van der Waals surface area contributed by atoms with Gasteiger partial charge in [-0.25, -0.2) is 0 Å². The normalized spacial score (nSPS) is 15.5. The van der Waals surface area contributed by atoms with Gasteiger partial charge in [0.1, 0.15) is 6.54 Å². The average molecular weight is 425 g/mol. The van der Waals surface area contributed by atoms with E-state index >= 15 is 0 Å². The van der Waals surface area contributed by atoms with Gasteiger partial charge in [-0.15, -0.1) is 17.9 Å². The molecule has 1 aliphatic rings.